The molecule has 0 fully saturated rings. The van der Waals surface area contributed by atoms with Gasteiger partial charge >= 0.3 is 5.97 Å². The predicted molar refractivity (Wildman–Crippen MR) is 57.6 cm³/mol. The van der Waals surface area contributed by atoms with E-state index in [0.29, 0.717) is 6.54 Å². The van der Waals surface area contributed by atoms with Crippen molar-refractivity contribution in [3.8, 4) is 0 Å². The van der Waals surface area contributed by atoms with Crippen molar-refractivity contribution >= 4 is 11.9 Å². The van der Waals surface area contributed by atoms with Crippen molar-refractivity contribution in [3.63, 3.8) is 0 Å². The summed E-state index contributed by atoms with van der Waals surface area (Å²) in [7, 11) is 0. The molecule has 0 radical (unpaired) electrons. The maximum Gasteiger partial charge on any atom is 0.315 e. The summed E-state index contributed by atoms with van der Waals surface area (Å²) in [6, 6.07) is 1.84. The quantitative estimate of drug-likeness (QED) is 0.736. The summed E-state index contributed by atoms with van der Waals surface area (Å²) < 4.78 is 0. The van der Waals surface area contributed by atoms with Gasteiger partial charge < -0.3 is 10.4 Å². The Labute approximate surface area is 93.5 Å². The van der Waals surface area contributed by atoms with E-state index in [1.807, 2.05) is 13.0 Å². The van der Waals surface area contributed by atoms with Crippen LogP contribution in [0.4, 0.5) is 0 Å². The minimum Gasteiger partial charge on any atom is -0.481 e. The molecule has 1 aromatic heterocycles. The van der Waals surface area contributed by atoms with Crippen LogP contribution in [0, 0.1) is 12.8 Å². The van der Waals surface area contributed by atoms with Gasteiger partial charge in [-0.15, -0.1) is 0 Å². The fourth-order valence-electron chi connectivity index (χ4n) is 1.13. The summed E-state index contributed by atoms with van der Waals surface area (Å²) in [5, 5.41) is 11.2. The van der Waals surface area contributed by atoms with E-state index >= 15 is 0 Å². The van der Waals surface area contributed by atoms with Crippen LogP contribution in [-0.4, -0.2) is 22.0 Å². The summed E-state index contributed by atoms with van der Waals surface area (Å²) >= 11 is 0. The van der Waals surface area contributed by atoms with Gasteiger partial charge in [-0.1, -0.05) is 0 Å². The first kappa shape index (κ1) is 12.2. The van der Waals surface area contributed by atoms with E-state index in [1.165, 1.54) is 6.92 Å². The van der Waals surface area contributed by atoms with Crippen LogP contribution >= 0.6 is 0 Å². The number of aromatic nitrogens is 1. The number of amides is 1. The van der Waals surface area contributed by atoms with Gasteiger partial charge in [-0.25, -0.2) is 0 Å². The van der Waals surface area contributed by atoms with Crippen LogP contribution in [-0.2, 0) is 16.1 Å². The zero-order chi connectivity index (χ0) is 12.1. The fraction of sp³-hybridized carbons (Fsp3) is 0.364. The second-order valence-corrected chi connectivity index (χ2v) is 3.58. The average Bonchev–Trinajstić information content (AvgIpc) is 2.26. The van der Waals surface area contributed by atoms with Crippen LogP contribution in [0.25, 0.3) is 0 Å². The highest BCUT2D eigenvalue weighted by molar-refractivity contribution is 5.96. The summed E-state index contributed by atoms with van der Waals surface area (Å²) in [5.41, 5.74) is 1.90. The monoisotopic (exact) mass is 222 g/mol. The molecule has 1 unspecified atom stereocenters. The maximum atomic E-state index is 11.4. The number of rotatable bonds is 4. The Hall–Kier alpha value is -1.91. The fourth-order valence-corrected chi connectivity index (χ4v) is 1.13. The van der Waals surface area contributed by atoms with E-state index in [0.717, 1.165) is 11.1 Å². The maximum absolute atomic E-state index is 11.4. The van der Waals surface area contributed by atoms with Crippen molar-refractivity contribution in [2.24, 2.45) is 5.92 Å². The molecule has 0 aliphatic rings. The summed E-state index contributed by atoms with van der Waals surface area (Å²) in [6.45, 7) is 3.56. The lowest BCUT2D eigenvalue weighted by Gasteiger charge is -2.09. The highest BCUT2D eigenvalue weighted by Crippen LogP contribution is 2.04. The van der Waals surface area contributed by atoms with Crippen molar-refractivity contribution in [1.29, 1.82) is 0 Å². The van der Waals surface area contributed by atoms with Crippen LogP contribution in [0.2, 0.25) is 0 Å². The molecule has 86 valence electrons. The Morgan fingerprint density at radius 3 is 2.81 bits per heavy atom. The molecule has 0 saturated heterocycles. The van der Waals surface area contributed by atoms with Crippen molar-refractivity contribution in [3.05, 3.63) is 29.6 Å². The van der Waals surface area contributed by atoms with Crippen molar-refractivity contribution in [2.45, 2.75) is 20.4 Å². The van der Waals surface area contributed by atoms with Gasteiger partial charge in [0.05, 0.1) is 0 Å². The molecule has 0 saturated carbocycles. The second kappa shape index (κ2) is 5.25. The number of carboxylic acid groups (broad SMARTS) is 1. The number of nitrogens with zero attached hydrogens (tertiary/aromatic N) is 1. The highest BCUT2D eigenvalue weighted by atomic mass is 16.4. The number of nitrogens with one attached hydrogen (secondary N) is 1. The van der Waals surface area contributed by atoms with E-state index < -0.39 is 17.8 Å². The number of hydrogen-bond acceptors (Lipinski definition) is 3. The molecule has 1 aromatic rings. The first-order valence-corrected chi connectivity index (χ1v) is 4.92. The second-order valence-electron chi connectivity index (χ2n) is 3.58. The molecule has 0 aromatic carbocycles. The van der Waals surface area contributed by atoms with Gasteiger partial charge in [0.2, 0.25) is 5.91 Å². The number of carbonyl (C=O) groups excluding carboxylic acids is 1. The molecule has 0 spiro atoms. The molecular formula is C11H14N2O3. The zero-order valence-electron chi connectivity index (χ0n) is 9.23. The first-order valence-electron chi connectivity index (χ1n) is 4.92. The summed E-state index contributed by atoms with van der Waals surface area (Å²) in [6.07, 6.45) is 3.32. The standard InChI is InChI=1S/C11H14N2O3/c1-7-3-4-12-5-9(7)6-13-10(14)8(2)11(15)16/h3-5,8H,6H2,1-2H3,(H,13,14)(H,15,16). The van der Waals surface area contributed by atoms with Gasteiger partial charge in [-0.3, -0.25) is 14.6 Å². The molecule has 1 rings (SSSR count). The van der Waals surface area contributed by atoms with Crippen LogP contribution < -0.4 is 5.32 Å². The van der Waals surface area contributed by atoms with Crippen molar-refractivity contribution in [1.82, 2.24) is 10.3 Å². The predicted octanol–water partition coefficient (Wildman–Crippen LogP) is 0.727. The van der Waals surface area contributed by atoms with Crippen LogP contribution in [0.3, 0.4) is 0 Å². The topological polar surface area (TPSA) is 79.3 Å². The third-order valence-electron chi connectivity index (χ3n) is 2.36. The average molecular weight is 222 g/mol. The van der Waals surface area contributed by atoms with E-state index in [-0.39, 0.29) is 0 Å². The first-order chi connectivity index (χ1) is 7.52. The van der Waals surface area contributed by atoms with Crippen LogP contribution in [0.5, 0.6) is 0 Å². The van der Waals surface area contributed by atoms with Gasteiger partial charge in [0, 0.05) is 18.9 Å². The molecule has 1 amide bonds. The number of hydrogen-bond donors (Lipinski definition) is 2. The molecule has 16 heavy (non-hydrogen) atoms. The molecule has 1 atom stereocenters. The van der Waals surface area contributed by atoms with E-state index in [9.17, 15) is 9.59 Å². The van der Waals surface area contributed by atoms with Gasteiger partial charge in [0.25, 0.3) is 0 Å². The Balaban J connectivity index is 2.56. The number of carbonyl (C=O) groups is 2. The minimum atomic E-state index is -1.12. The van der Waals surface area contributed by atoms with E-state index in [4.69, 9.17) is 5.11 Å². The van der Waals surface area contributed by atoms with E-state index in [1.54, 1.807) is 12.4 Å². The molecule has 2 N–H and O–H groups in total. The third-order valence-corrected chi connectivity index (χ3v) is 2.36. The highest BCUT2D eigenvalue weighted by Gasteiger charge is 2.19. The molecular weight excluding hydrogens is 208 g/mol. The lowest BCUT2D eigenvalue weighted by Crippen LogP contribution is -2.33. The zero-order valence-corrected chi connectivity index (χ0v) is 9.23. The Morgan fingerprint density at radius 2 is 2.25 bits per heavy atom. The number of aryl methyl sites for hydroxylation is 1. The van der Waals surface area contributed by atoms with Crippen molar-refractivity contribution < 1.29 is 14.7 Å². The van der Waals surface area contributed by atoms with Crippen LogP contribution in [0.1, 0.15) is 18.1 Å². The molecule has 0 aliphatic carbocycles. The molecule has 5 heteroatoms. The Kier molecular flexibility index (Phi) is 3.99. The number of aliphatic carboxylic acids is 1. The lowest BCUT2D eigenvalue weighted by atomic mass is 10.1. The summed E-state index contributed by atoms with van der Waals surface area (Å²) in [4.78, 5) is 25.8. The van der Waals surface area contributed by atoms with Gasteiger partial charge in [-0.05, 0) is 31.0 Å². The summed E-state index contributed by atoms with van der Waals surface area (Å²) in [5.74, 6) is -2.65. The lowest BCUT2D eigenvalue weighted by molar-refractivity contribution is -0.146. The molecule has 0 bridgehead atoms. The third kappa shape index (κ3) is 3.05. The minimum absolute atomic E-state index is 0.302. The number of carboxylic acids is 1. The SMILES string of the molecule is Cc1ccncc1CNC(=O)C(C)C(=O)O. The molecule has 5 nitrogen and oxygen atoms in total. The Bertz CT molecular complexity index is 404. The largest absolute Gasteiger partial charge is 0.481 e. The Morgan fingerprint density at radius 1 is 1.56 bits per heavy atom. The smallest absolute Gasteiger partial charge is 0.315 e. The molecule has 0 aliphatic heterocycles. The molecule has 1 heterocycles. The van der Waals surface area contributed by atoms with Gasteiger partial charge in [0.15, 0.2) is 0 Å². The van der Waals surface area contributed by atoms with Gasteiger partial charge in [0.1, 0.15) is 5.92 Å². The van der Waals surface area contributed by atoms with Crippen LogP contribution in [0.15, 0.2) is 18.5 Å². The van der Waals surface area contributed by atoms with E-state index in [2.05, 4.69) is 10.3 Å². The number of pyridine rings is 1. The normalized spacial score (nSPS) is 11.9. The van der Waals surface area contributed by atoms with Crippen molar-refractivity contribution in [2.75, 3.05) is 0 Å². The van der Waals surface area contributed by atoms with Gasteiger partial charge in [-0.2, -0.15) is 0 Å².